The summed E-state index contributed by atoms with van der Waals surface area (Å²) in [4.78, 5) is 0. The van der Waals surface area contributed by atoms with Crippen LogP contribution in [0.4, 0.5) is 0 Å². The second-order valence-corrected chi connectivity index (χ2v) is 4.45. The quantitative estimate of drug-likeness (QED) is 0.436. The van der Waals surface area contributed by atoms with E-state index in [1.165, 1.54) is 10.6 Å². The molecule has 0 unspecified atom stereocenters. The van der Waals surface area contributed by atoms with Gasteiger partial charge in [0.05, 0.1) is 12.7 Å². The average Bonchev–Trinajstić information content (AvgIpc) is 2.37. The zero-order chi connectivity index (χ0) is 13.2. The predicted octanol–water partition coefficient (Wildman–Crippen LogP) is 3.25. The number of hydroxylamine groups is 2. The van der Waals surface area contributed by atoms with Crippen LogP contribution < -0.4 is 0 Å². The third-order valence-electron chi connectivity index (χ3n) is 2.62. The minimum Gasteiger partial charge on any atom is -0.370 e. The number of allylic oxidation sites excluding steroid dienone is 1. The van der Waals surface area contributed by atoms with Crippen molar-refractivity contribution in [3.8, 4) is 0 Å². The smallest absolute Gasteiger partial charge is 0.0732 e. The molecule has 0 saturated carbocycles. The summed E-state index contributed by atoms with van der Waals surface area (Å²) in [6.07, 6.45) is 6.22. The van der Waals surface area contributed by atoms with Gasteiger partial charge in [-0.15, -0.1) is 0 Å². The van der Waals surface area contributed by atoms with E-state index in [1.54, 1.807) is 7.05 Å². The number of hydrogen-bond acceptors (Lipinski definition) is 3. The third-order valence-corrected chi connectivity index (χ3v) is 2.62. The first-order chi connectivity index (χ1) is 8.68. The van der Waals surface area contributed by atoms with Gasteiger partial charge >= 0.3 is 0 Å². The highest BCUT2D eigenvalue weighted by Gasteiger charge is 1.97. The second kappa shape index (κ2) is 8.86. The summed E-state index contributed by atoms with van der Waals surface area (Å²) in [5, 5.41) is 10.2. The molecule has 0 saturated heterocycles. The van der Waals surface area contributed by atoms with Crippen LogP contribution in [-0.4, -0.2) is 30.0 Å². The minimum absolute atomic E-state index is 0.122. The van der Waals surface area contributed by atoms with E-state index in [0.717, 1.165) is 12.8 Å². The molecule has 0 aromatic heterocycles. The van der Waals surface area contributed by atoms with Crippen molar-refractivity contribution in [3.63, 3.8) is 0 Å². The minimum atomic E-state index is 0.122. The number of unbranched alkanes of at least 4 members (excludes halogenated alkanes) is 1. The Morgan fingerprint density at radius 1 is 1.33 bits per heavy atom. The first kappa shape index (κ1) is 14.9. The van der Waals surface area contributed by atoms with Crippen molar-refractivity contribution in [1.82, 2.24) is 5.06 Å². The molecule has 0 aliphatic heterocycles. The van der Waals surface area contributed by atoms with Crippen LogP contribution >= 0.6 is 0 Å². The third kappa shape index (κ3) is 7.22. The summed E-state index contributed by atoms with van der Waals surface area (Å²) in [5.74, 6) is 0. The molecule has 18 heavy (non-hydrogen) atoms. The zero-order valence-corrected chi connectivity index (χ0v) is 11.2. The molecule has 1 aromatic rings. The van der Waals surface area contributed by atoms with E-state index in [2.05, 4.69) is 24.3 Å². The summed E-state index contributed by atoms with van der Waals surface area (Å²) in [7, 11) is 1.66. The molecule has 0 spiro atoms. The summed E-state index contributed by atoms with van der Waals surface area (Å²) < 4.78 is 5.71. The van der Waals surface area contributed by atoms with Crippen LogP contribution in [0, 0.1) is 0 Å². The second-order valence-electron chi connectivity index (χ2n) is 4.45. The molecule has 0 bridgehead atoms. The Labute approximate surface area is 110 Å². The maximum Gasteiger partial charge on any atom is 0.0732 e. The van der Waals surface area contributed by atoms with Gasteiger partial charge in [-0.25, -0.2) is 0 Å². The van der Waals surface area contributed by atoms with Gasteiger partial charge in [0.25, 0.3) is 0 Å². The van der Waals surface area contributed by atoms with Crippen LogP contribution in [0.1, 0.15) is 25.3 Å². The highest BCUT2D eigenvalue weighted by atomic mass is 16.5. The Balaban J connectivity index is 2.13. The lowest BCUT2D eigenvalue weighted by Gasteiger charge is -2.09. The van der Waals surface area contributed by atoms with E-state index >= 15 is 0 Å². The molecule has 0 heterocycles. The maximum atomic E-state index is 8.96. The van der Waals surface area contributed by atoms with Gasteiger partial charge in [-0.1, -0.05) is 42.5 Å². The lowest BCUT2D eigenvalue weighted by Crippen LogP contribution is -2.13. The van der Waals surface area contributed by atoms with Gasteiger partial charge in [0.1, 0.15) is 0 Å². The number of ether oxygens (including phenoxy) is 1. The summed E-state index contributed by atoms with van der Waals surface area (Å²) in [6.45, 7) is 3.38. The summed E-state index contributed by atoms with van der Waals surface area (Å²) >= 11 is 0. The van der Waals surface area contributed by atoms with Crippen LogP contribution in [0.15, 0.2) is 42.5 Å². The molecule has 0 fully saturated rings. The van der Waals surface area contributed by atoms with Crippen molar-refractivity contribution in [3.05, 3.63) is 48.0 Å². The molecule has 3 nitrogen and oxygen atoms in total. The molecule has 0 aliphatic rings. The predicted molar refractivity (Wildman–Crippen MR) is 73.5 cm³/mol. The van der Waals surface area contributed by atoms with Crippen LogP contribution in [0.2, 0.25) is 0 Å². The van der Waals surface area contributed by atoms with Gasteiger partial charge < -0.3 is 9.94 Å². The maximum absolute atomic E-state index is 8.96. The van der Waals surface area contributed by atoms with Crippen molar-refractivity contribution >= 4 is 0 Å². The van der Waals surface area contributed by atoms with Crippen molar-refractivity contribution in [2.75, 3.05) is 13.6 Å². The lowest BCUT2D eigenvalue weighted by atomic mass is 10.2. The fourth-order valence-corrected chi connectivity index (χ4v) is 1.58. The van der Waals surface area contributed by atoms with Gasteiger partial charge in [-0.05, 0) is 25.3 Å². The summed E-state index contributed by atoms with van der Waals surface area (Å²) in [5.41, 5.74) is 1.19. The monoisotopic (exact) mass is 249 g/mol. The fourth-order valence-electron chi connectivity index (χ4n) is 1.58. The van der Waals surface area contributed by atoms with Crippen molar-refractivity contribution in [2.45, 2.75) is 32.5 Å². The fraction of sp³-hybridized carbons (Fsp3) is 0.467. The van der Waals surface area contributed by atoms with E-state index in [1.807, 2.05) is 25.1 Å². The van der Waals surface area contributed by atoms with E-state index in [4.69, 9.17) is 9.94 Å². The van der Waals surface area contributed by atoms with Crippen LogP contribution in [-0.2, 0) is 11.3 Å². The standard InChI is InChI=1S/C15H23NO2/c1-14(9-5-4-8-12-16(2)17)18-13-15-10-6-3-7-11-15/h3,5-7,9-11,14,17H,4,8,12-13H2,1-2H3/b9-5-/t14-/m0/s1. The summed E-state index contributed by atoms with van der Waals surface area (Å²) in [6, 6.07) is 10.2. The topological polar surface area (TPSA) is 32.7 Å². The molecule has 0 radical (unpaired) electrons. The van der Waals surface area contributed by atoms with Crippen molar-refractivity contribution in [1.29, 1.82) is 0 Å². The van der Waals surface area contributed by atoms with E-state index in [-0.39, 0.29) is 6.10 Å². The Morgan fingerprint density at radius 2 is 2.06 bits per heavy atom. The lowest BCUT2D eigenvalue weighted by molar-refractivity contribution is -0.0649. The first-order valence-corrected chi connectivity index (χ1v) is 6.40. The molecule has 100 valence electrons. The van der Waals surface area contributed by atoms with Gasteiger partial charge in [-0.2, -0.15) is 5.06 Å². The first-order valence-electron chi connectivity index (χ1n) is 6.40. The molecule has 3 heteroatoms. The van der Waals surface area contributed by atoms with Gasteiger partial charge in [-0.3, -0.25) is 0 Å². The largest absolute Gasteiger partial charge is 0.370 e. The Kier molecular flexibility index (Phi) is 7.34. The highest BCUT2D eigenvalue weighted by Crippen LogP contribution is 2.04. The number of benzene rings is 1. The van der Waals surface area contributed by atoms with E-state index in [0.29, 0.717) is 13.2 Å². The average molecular weight is 249 g/mol. The molecular weight excluding hydrogens is 226 g/mol. The van der Waals surface area contributed by atoms with Crippen LogP contribution in [0.25, 0.3) is 0 Å². The van der Waals surface area contributed by atoms with E-state index < -0.39 is 0 Å². The Hall–Kier alpha value is -1.16. The Bertz CT molecular complexity index is 336. The van der Waals surface area contributed by atoms with Gasteiger partial charge in [0.15, 0.2) is 0 Å². The van der Waals surface area contributed by atoms with Gasteiger partial charge in [0.2, 0.25) is 0 Å². The molecule has 0 amide bonds. The van der Waals surface area contributed by atoms with Crippen LogP contribution in [0.3, 0.4) is 0 Å². The Morgan fingerprint density at radius 3 is 2.72 bits per heavy atom. The molecule has 1 aromatic carbocycles. The molecular formula is C15H23NO2. The van der Waals surface area contributed by atoms with E-state index in [9.17, 15) is 0 Å². The molecule has 1 N–H and O–H groups in total. The van der Waals surface area contributed by atoms with Crippen molar-refractivity contribution in [2.24, 2.45) is 0 Å². The number of rotatable bonds is 8. The van der Waals surface area contributed by atoms with Gasteiger partial charge in [0, 0.05) is 13.6 Å². The number of hydrogen-bond donors (Lipinski definition) is 1. The van der Waals surface area contributed by atoms with Crippen LogP contribution in [0.5, 0.6) is 0 Å². The molecule has 1 rings (SSSR count). The SMILES string of the molecule is C[C@@H](/C=C\CCCN(C)O)OCc1ccccc1. The molecule has 1 atom stereocenters. The normalized spacial score (nSPS) is 13.3. The molecule has 0 aliphatic carbocycles. The zero-order valence-electron chi connectivity index (χ0n) is 11.2. The number of nitrogens with zero attached hydrogens (tertiary/aromatic N) is 1. The van der Waals surface area contributed by atoms with Crippen molar-refractivity contribution < 1.29 is 9.94 Å². The highest BCUT2D eigenvalue weighted by molar-refractivity contribution is 5.13.